The first-order valence-corrected chi connectivity index (χ1v) is 8.40. The quantitative estimate of drug-likeness (QED) is 0.469. The second-order valence-electron chi connectivity index (χ2n) is 2.99. The van der Waals surface area contributed by atoms with E-state index in [0.717, 1.165) is 4.48 Å². The summed E-state index contributed by atoms with van der Waals surface area (Å²) >= 11 is 0. The molecular formula is C4H12Cl4FeN+. The van der Waals surface area contributed by atoms with Gasteiger partial charge in [0.2, 0.25) is 0 Å². The van der Waals surface area contributed by atoms with E-state index in [-0.39, 0.29) is 0 Å². The zero-order valence-electron chi connectivity index (χ0n) is 6.31. The normalized spacial score (nSPS) is 13.6. The Hall–Kier alpha value is 1.64. The molecule has 0 amide bonds. The van der Waals surface area contributed by atoms with Gasteiger partial charge in [-0.1, -0.05) is 0 Å². The third-order valence-corrected chi connectivity index (χ3v) is 0. The van der Waals surface area contributed by atoms with Crippen molar-refractivity contribution in [3.05, 3.63) is 0 Å². The third kappa shape index (κ3) is 268. The van der Waals surface area contributed by atoms with Crippen LogP contribution < -0.4 is 0 Å². The number of rotatable bonds is 0. The average molecular weight is 272 g/mol. The molecule has 0 aliphatic heterocycles. The summed E-state index contributed by atoms with van der Waals surface area (Å²) in [5.41, 5.74) is 0. The molecule has 0 N–H and O–H groups in total. The monoisotopic (exact) mass is 270 g/mol. The van der Waals surface area contributed by atoms with Crippen LogP contribution in [-0.4, -0.2) is 32.7 Å². The number of nitrogens with zero attached hydrogens (tertiary/aromatic N) is 1. The fraction of sp³-hybridized carbons (Fsp3) is 1.00. The van der Waals surface area contributed by atoms with E-state index in [1.807, 2.05) is 0 Å². The Kier molecular flexibility index (Phi) is 7.54. The van der Waals surface area contributed by atoms with Crippen molar-refractivity contribution in [2.24, 2.45) is 0 Å². The van der Waals surface area contributed by atoms with Crippen LogP contribution in [0.1, 0.15) is 0 Å². The molecule has 68 valence electrons. The van der Waals surface area contributed by atoms with Gasteiger partial charge in [-0.2, -0.15) is 0 Å². The third-order valence-electron chi connectivity index (χ3n) is 0. The summed E-state index contributed by atoms with van der Waals surface area (Å²) in [5, 5.41) is 0. The molecule has 0 aromatic carbocycles. The van der Waals surface area contributed by atoms with Gasteiger partial charge in [0.15, 0.2) is 0 Å². The van der Waals surface area contributed by atoms with Crippen LogP contribution in [0, 0.1) is 0 Å². The van der Waals surface area contributed by atoms with E-state index in [2.05, 4.69) is 28.2 Å². The maximum absolute atomic E-state index is 4.95. The molecular weight excluding hydrogens is 260 g/mol. The molecule has 0 spiro atoms. The van der Waals surface area contributed by atoms with E-state index in [0.29, 0.717) is 0 Å². The zero-order valence-corrected chi connectivity index (χ0v) is 10.4. The first-order chi connectivity index (χ1) is 4.00. The van der Waals surface area contributed by atoms with Crippen LogP contribution in [0.3, 0.4) is 0 Å². The van der Waals surface area contributed by atoms with Crippen LogP contribution in [0.4, 0.5) is 0 Å². The van der Waals surface area contributed by atoms with Gasteiger partial charge in [0, 0.05) is 0 Å². The van der Waals surface area contributed by atoms with Crippen molar-refractivity contribution in [2.75, 3.05) is 28.2 Å². The van der Waals surface area contributed by atoms with Crippen molar-refractivity contribution in [1.82, 2.24) is 0 Å². The van der Waals surface area contributed by atoms with Crippen molar-refractivity contribution in [3.8, 4) is 0 Å². The molecule has 0 atom stereocenters. The van der Waals surface area contributed by atoms with Gasteiger partial charge in [-0.25, -0.2) is 0 Å². The van der Waals surface area contributed by atoms with Crippen LogP contribution in [0.2, 0.25) is 0 Å². The summed E-state index contributed by atoms with van der Waals surface area (Å²) < 4.78 is 1.00. The molecule has 0 radical (unpaired) electrons. The molecule has 0 fully saturated rings. The molecule has 0 aliphatic carbocycles. The molecule has 0 aromatic rings. The van der Waals surface area contributed by atoms with Gasteiger partial charge in [-0.05, 0) is 0 Å². The predicted octanol–water partition coefficient (Wildman–Crippen LogP) is 3.08. The van der Waals surface area contributed by atoms with Gasteiger partial charge < -0.3 is 4.48 Å². The maximum atomic E-state index is 4.95. The van der Waals surface area contributed by atoms with Crippen molar-refractivity contribution in [3.63, 3.8) is 0 Å². The fourth-order valence-corrected chi connectivity index (χ4v) is 0. The van der Waals surface area contributed by atoms with Gasteiger partial charge in [0.1, 0.15) is 0 Å². The second kappa shape index (κ2) is 5.31. The van der Waals surface area contributed by atoms with Gasteiger partial charge in [0.25, 0.3) is 0 Å². The van der Waals surface area contributed by atoms with E-state index >= 15 is 0 Å². The second-order valence-corrected chi connectivity index (χ2v) is 13.9. The molecule has 0 bridgehead atoms. The van der Waals surface area contributed by atoms with Crippen LogP contribution in [0.25, 0.3) is 0 Å². The molecule has 1 nitrogen and oxygen atoms in total. The number of halogens is 4. The van der Waals surface area contributed by atoms with Crippen molar-refractivity contribution < 1.29 is 13.7 Å². The Bertz CT molecular complexity index is 60.2. The number of quaternary nitrogens is 1. The Morgan fingerprint density at radius 2 is 0.800 bits per heavy atom. The van der Waals surface area contributed by atoms with Crippen LogP contribution in [0.5, 0.6) is 0 Å². The summed E-state index contributed by atoms with van der Waals surface area (Å²) in [6, 6.07) is 0. The predicted molar refractivity (Wildman–Crippen MR) is 47.4 cm³/mol. The van der Waals surface area contributed by atoms with Crippen LogP contribution >= 0.6 is 40.4 Å². The molecule has 0 aliphatic rings. The number of hydrogen-bond acceptors (Lipinski definition) is 0. The van der Waals surface area contributed by atoms with Crippen molar-refractivity contribution >= 4 is 40.4 Å². The summed E-state index contributed by atoms with van der Waals surface area (Å²) in [7, 11) is 25.7. The Morgan fingerprint density at radius 1 is 0.800 bits per heavy atom. The minimum atomic E-state index is -2.61. The summed E-state index contributed by atoms with van der Waals surface area (Å²) in [5.74, 6) is 0. The standard InChI is InChI=1S/C4H12N.4ClH.Fe/c1-5(2,3)4;;;;;/h1-4H3;4*1H;/q+1;;;;;+4/p-4. The molecule has 0 rings (SSSR count). The van der Waals surface area contributed by atoms with E-state index in [1.54, 1.807) is 0 Å². The first kappa shape index (κ1) is 14.2. The SMILES string of the molecule is C[N+](C)(C)C.[Cl][Fe]([Cl])([Cl])[Cl]. The molecule has 0 saturated heterocycles. The number of hydrogen-bond donors (Lipinski definition) is 0. The summed E-state index contributed by atoms with van der Waals surface area (Å²) in [4.78, 5) is 0. The van der Waals surface area contributed by atoms with Gasteiger partial charge >= 0.3 is 49.6 Å². The molecule has 6 heteroatoms. The summed E-state index contributed by atoms with van der Waals surface area (Å²) in [6.45, 7) is 0. The minimum absolute atomic E-state index is 1.00. The first-order valence-electron chi connectivity index (χ1n) is 2.32. The molecule has 0 unspecified atom stereocenters. The van der Waals surface area contributed by atoms with Crippen LogP contribution in [-0.2, 0) is 9.20 Å². The van der Waals surface area contributed by atoms with E-state index in [1.165, 1.54) is 0 Å². The fourth-order valence-electron chi connectivity index (χ4n) is 0. The molecule has 0 heterocycles. The Labute approximate surface area is 81.9 Å². The molecule has 0 aromatic heterocycles. The van der Waals surface area contributed by atoms with Gasteiger partial charge in [0.05, 0.1) is 28.2 Å². The Balaban J connectivity index is 0. The Morgan fingerprint density at radius 3 is 0.800 bits per heavy atom. The van der Waals surface area contributed by atoms with Gasteiger partial charge in [-0.15, -0.1) is 0 Å². The van der Waals surface area contributed by atoms with E-state index < -0.39 is 9.20 Å². The summed E-state index contributed by atoms with van der Waals surface area (Å²) in [6.07, 6.45) is 0. The van der Waals surface area contributed by atoms with Gasteiger partial charge in [-0.3, -0.25) is 0 Å². The van der Waals surface area contributed by atoms with E-state index in [9.17, 15) is 0 Å². The average Bonchev–Trinajstić information content (AvgIpc) is 1.12. The molecule has 0 saturated carbocycles. The van der Waals surface area contributed by atoms with Crippen LogP contribution in [0.15, 0.2) is 0 Å². The van der Waals surface area contributed by atoms with Crippen molar-refractivity contribution in [1.29, 1.82) is 0 Å². The van der Waals surface area contributed by atoms with E-state index in [4.69, 9.17) is 40.4 Å². The van der Waals surface area contributed by atoms with Crippen molar-refractivity contribution in [2.45, 2.75) is 0 Å². The topological polar surface area (TPSA) is 0 Å². The zero-order chi connectivity index (χ0) is 9.00. The molecule has 10 heavy (non-hydrogen) atoms.